The molecule has 14 heterocycles. The molecule has 5 aromatic carbocycles. The Labute approximate surface area is 802 Å². The van der Waals surface area contributed by atoms with Crippen LogP contribution in [-0.4, -0.2) is 306 Å². The normalized spacial score (nSPS) is 20.1. The van der Waals surface area contributed by atoms with Crippen LogP contribution < -0.4 is 24.5 Å². The monoisotopic (exact) mass is 1960 g/mol. The van der Waals surface area contributed by atoms with Gasteiger partial charge in [-0.3, -0.25) is 9.13 Å². The number of allylic oxidation sites excluding steroid dienone is 1. The van der Waals surface area contributed by atoms with E-state index in [0.29, 0.717) is 151 Å². The molecule has 726 valence electrons. The molecule has 41 heteroatoms. The zero-order chi connectivity index (χ0) is 96.5. The number of imidazole rings is 2. The molecule has 0 N–H and O–H groups in total. The summed E-state index contributed by atoms with van der Waals surface area (Å²) < 4.78 is 127. The Hall–Kier alpha value is -11.3. The molecule has 0 spiro atoms. The van der Waals surface area contributed by atoms with E-state index in [0.717, 1.165) is 124 Å². The van der Waals surface area contributed by atoms with E-state index in [4.69, 9.17) is 68.0 Å². The van der Waals surface area contributed by atoms with Gasteiger partial charge >= 0.3 is 0 Å². The lowest BCUT2D eigenvalue weighted by Gasteiger charge is -2.34. The lowest BCUT2D eigenvalue weighted by Crippen LogP contribution is -2.44. The van der Waals surface area contributed by atoms with E-state index in [1.54, 1.807) is 62.2 Å². The third kappa shape index (κ3) is 24.9. The summed E-state index contributed by atoms with van der Waals surface area (Å²) >= 11 is 0. The van der Waals surface area contributed by atoms with Crippen molar-refractivity contribution in [2.24, 2.45) is 21.8 Å². The van der Waals surface area contributed by atoms with Gasteiger partial charge in [-0.05, 0) is 90.3 Å². The summed E-state index contributed by atoms with van der Waals surface area (Å²) in [4.78, 5) is 67.3. The highest BCUT2D eigenvalue weighted by atomic mass is 32.2. The minimum absolute atomic E-state index is 0.0764. The number of nitrogens with zero attached hydrogens (tertiary/aromatic N) is 24. The van der Waals surface area contributed by atoms with Gasteiger partial charge < -0.3 is 57.7 Å². The van der Waals surface area contributed by atoms with Gasteiger partial charge in [0.2, 0.25) is 11.9 Å². The zero-order valence-corrected chi connectivity index (χ0v) is 84.1. The summed E-state index contributed by atoms with van der Waals surface area (Å²) in [5, 5.41) is -0.153. The van der Waals surface area contributed by atoms with Crippen LogP contribution in [0.1, 0.15) is 57.4 Å². The quantitative estimate of drug-likeness (QED) is 0.0817. The molecule has 0 bridgehead atoms. The smallest absolute Gasteiger partial charge is 0.239 e. The summed E-state index contributed by atoms with van der Waals surface area (Å²) in [6.45, 7) is 26.5. The molecule has 0 radical (unpaired) electrons. The van der Waals surface area contributed by atoms with Crippen LogP contribution in [0.25, 0.3) is 74.2 Å². The fraction of sp³-hybridized carbons (Fsp3) is 0.438. The fourth-order valence-corrected chi connectivity index (χ4v) is 20.8. The second kappa shape index (κ2) is 42.9. The van der Waals surface area contributed by atoms with Gasteiger partial charge in [-0.1, -0.05) is 115 Å². The van der Waals surface area contributed by atoms with Crippen LogP contribution in [0.5, 0.6) is 0 Å². The van der Waals surface area contributed by atoms with Crippen molar-refractivity contribution in [1.29, 1.82) is 0 Å². The number of aromatic nitrogens is 14. The first kappa shape index (κ1) is 98.7. The number of morpholine rings is 5. The molecule has 1 aliphatic carbocycles. The lowest BCUT2D eigenvalue weighted by atomic mass is 10.0. The maximum Gasteiger partial charge on any atom is 0.239 e. The molecular formula is C96H120N24O12S5. The summed E-state index contributed by atoms with van der Waals surface area (Å²) in [6, 6.07) is 51.6. The van der Waals surface area contributed by atoms with Crippen molar-refractivity contribution >= 4 is 135 Å². The average molecular weight is 1960 g/mol. The largest absolute Gasteiger partial charge is 0.379 e. The Morgan fingerprint density at radius 3 is 0.964 bits per heavy atom. The molecule has 7 aromatic heterocycles. The highest BCUT2D eigenvalue weighted by Crippen LogP contribution is 2.37. The first-order chi connectivity index (χ1) is 65.6. The number of hydrogen-bond donors (Lipinski definition) is 0. The van der Waals surface area contributed by atoms with E-state index in [9.17, 15) is 21.0 Å². The maximum absolute atomic E-state index is 13.2. The van der Waals surface area contributed by atoms with E-state index in [-0.39, 0.29) is 40.7 Å². The third-order valence-electron chi connectivity index (χ3n) is 23.7. The molecule has 0 saturated carbocycles. The van der Waals surface area contributed by atoms with E-state index in [1.165, 1.54) is 5.56 Å². The van der Waals surface area contributed by atoms with Crippen LogP contribution >= 0.6 is 0 Å². The molecule has 137 heavy (non-hydrogen) atoms. The molecule has 0 unspecified atom stereocenters. The van der Waals surface area contributed by atoms with E-state index >= 15 is 0 Å². The number of benzene rings is 5. The van der Waals surface area contributed by atoms with Crippen LogP contribution in [0.3, 0.4) is 0 Å². The van der Waals surface area contributed by atoms with E-state index in [1.807, 2.05) is 163 Å². The highest BCUT2D eigenvalue weighted by Gasteiger charge is 2.33. The van der Waals surface area contributed by atoms with Crippen LogP contribution in [0, 0.1) is 13.8 Å². The Bertz CT molecular complexity index is 6740. The van der Waals surface area contributed by atoms with Gasteiger partial charge in [-0.25, -0.2) is 60.9 Å². The highest BCUT2D eigenvalue weighted by molar-refractivity contribution is 7.94. The van der Waals surface area contributed by atoms with Crippen LogP contribution in [0.2, 0.25) is 0 Å². The number of hydrogen-bond acceptors (Lipinski definition) is 34. The second-order valence-corrected chi connectivity index (χ2v) is 48.6. The number of ether oxygens (including phenoxy) is 7. The van der Waals surface area contributed by atoms with Crippen molar-refractivity contribution in [2.45, 2.75) is 95.6 Å². The molecule has 12 aromatic rings. The molecule has 7 fully saturated rings. The van der Waals surface area contributed by atoms with E-state index < -0.39 is 48.6 Å². The van der Waals surface area contributed by atoms with Crippen molar-refractivity contribution < 1.29 is 54.2 Å². The van der Waals surface area contributed by atoms with Gasteiger partial charge in [-0.15, -0.1) is 0 Å². The van der Waals surface area contributed by atoms with Crippen molar-refractivity contribution in [3.63, 3.8) is 0 Å². The lowest BCUT2D eigenvalue weighted by molar-refractivity contribution is 0.0430. The molecule has 36 nitrogen and oxygen atoms in total. The van der Waals surface area contributed by atoms with Crippen LogP contribution in [0.15, 0.2) is 186 Å². The fourth-order valence-electron chi connectivity index (χ4n) is 16.6. The number of anilines is 5. The molecule has 8 aliphatic rings. The minimum Gasteiger partial charge on any atom is -0.379 e. The molecular weight excluding hydrogens is 1840 g/mol. The first-order valence-electron chi connectivity index (χ1n) is 45.6. The summed E-state index contributed by atoms with van der Waals surface area (Å²) in [6.07, 6.45) is 18.2. The van der Waals surface area contributed by atoms with Gasteiger partial charge in [0.1, 0.15) is 40.7 Å². The SMILES string of the molecule is C[C@@H]1COCCN1c1cc(N=S(C)(C)=O)nc(-c2cccc3c2C=CC3)n1.C[C@@H]1COCCN1c1cc(N=S(C)(C)=O)nc(-c2ccccc2)n1.C[C@@H]1COCCN1c1cc(N=S(C)(C)=O)nc(-c2ccccc2)n1.Cc1nc2ccccc2n1-c1nc(N=[S@@](C)(=O)C2COC2)cc(N2CCOC[C@H]2C)n1.Cc1nc2ccccc2n1-c1nc(N=[S@](C)(=O)C2COC2)cc(N2CCOC[C@H]2C)n1. The minimum atomic E-state index is -2.48. The molecule has 7 aliphatic heterocycles. The van der Waals surface area contributed by atoms with Crippen LogP contribution in [0.4, 0.5) is 58.2 Å². The Morgan fingerprint density at radius 2 is 0.635 bits per heavy atom. The Morgan fingerprint density at radius 1 is 0.321 bits per heavy atom. The van der Waals surface area contributed by atoms with Gasteiger partial charge in [0.25, 0.3) is 0 Å². The number of aryl methyl sites for hydroxylation is 2. The van der Waals surface area contributed by atoms with Crippen molar-refractivity contribution in [1.82, 2.24) is 68.9 Å². The number of rotatable bonds is 17. The summed E-state index contributed by atoms with van der Waals surface area (Å²) in [7, 11) is -11.9. The van der Waals surface area contributed by atoms with Gasteiger partial charge in [0.15, 0.2) is 46.6 Å². The van der Waals surface area contributed by atoms with Gasteiger partial charge in [-0.2, -0.15) is 41.7 Å². The zero-order valence-electron chi connectivity index (χ0n) is 80.0. The predicted molar refractivity (Wildman–Crippen MR) is 544 cm³/mol. The number of para-hydroxylation sites is 4. The van der Waals surface area contributed by atoms with E-state index in [2.05, 4.69) is 124 Å². The molecule has 7 saturated heterocycles. The third-order valence-corrected chi connectivity index (χ3v) is 29.7. The first-order valence-corrected chi connectivity index (χ1v) is 56.6. The second-order valence-electron chi connectivity index (χ2n) is 35.8. The average Bonchev–Trinajstić information content (AvgIpc) is 1.64. The molecule has 7 atom stereocenters. The van der Waals surface area contributed by atoms with Crippen molar-refractivity contribution in [3.8, 4) is 46.1 Å². The predicted octanol–water partition coefficient (Wildman–Crippen LogP) is 13.7. The summed E-state index contributed by atoms with van der Waals surface area (Å²) in [5.41, 5.74) is 8.82. The topological polar surface area (TPSA) is 392 Å². The van der Waals surface area contributed by atoms with Gasteiger partial charge in [0.05, 0.1) is 175 Å². The van der Waals surface area contributed by atoms with Crippen molar-refractivity contribution in [3.05, 3.63) is 187 Å². The van der Waals surface area contributed by atoms with Crippen molar-refractivity contribution in [2.75, 3.05) is 200 Å². The standard InChI is InChI=1S/2C21H26N6O3S.C20H24N4O2S.2C17H22N4O2S/c2*1-14-11-29-9-8-26(14)20-10-19(25-31(3,28)16-12-30-13-16)23-21(24-20)27-15(2)22-17-6-4-5-7-18(17)27;1-14-13-26-11-10-24(14)19-12-18(23-27(2,3)25)21-20(22-19)17-9-5-7-15-6-4-8-16(15)17;2*1-13-12-23-10-9-21(13)16-11-15(20-24(2,3)22)18-17(19-16)14-7-5-4-6-8-14/h2*4-7,10,14,16H,8-9,11-13H2,1-3H3;4-5,7-9,12,14H,6,10-11,13H2,1-3H3;2*4-8,11,13H,9-10,12H2,1-3H3/t14-,31+;14-,31-;14-;2*13-/m11111/s1. The Balaban J connectivity index is 0.000000125. The summed E-state index contributed by atoms with van der Waals surface area (Å²) in [5.74, 6) is 10.4. The molecule has 20 rings (SSSR count). The van der Waals surface area contributed by atoms with Crippen LogP contribution in [-0.2, 0) is 88.2 Å². The number of fused-ring (bicyclic) bond motifs is 3. The Kier molecular flexibility index (Phi) is 30.9. The van der Waals surface area contributed by atoms with Gasteiger partial charge in [0, 0.05) is 159 Å². The maximum atomic E-state index is 13.2. The molecule has 0 amide bonds.